The Morgan fingerprint density at radius 2 is 0.815 bits per heavy atom. The predicted octanol–water partition coefficient (Wildman–Crippen LogP) is 12.1. The van der Waals surface area contributed by atoms with Gasteiger partial charge in [-0.05, 0) is 57.6 Å². The largest absolute Gasteiger partial charge is 0.497 e. The average Bonchev–Trinajstić information content (AvgIpc) is 3.70. The fourth-order valence-electron chi connectivity index (χ4n) is 9.41. The highest BCUT2D eigenvalue weighted by Crippen LogP contribution is 2.37. The van der Waals surface area contributed by atoms with Crippen LogP contribution in [0.5, 0.6) is 11.5 Å². The number of alkyl halides is 3. The summed E-state index contributed by atoms with van der Waals surface area (Å²) in [6.07, 6.45) is -10.3. The molecule has 81 heavy (non-hydrogen) atoms. The van der Waals surface area contributed by atoms with E-state index in [1.54, 1.807) is 31.4 Å². The number of halogens is 3. The summed E-state index contributed by atoms with van der Waals surface area (Å²) in [4.78, 5) is 14.2. The molecule has 0 radical (unpaired) electrons. The molecule has 0 bridgehead atoms. The van der Waals surface area contributed by atoms with Gasteiger partial charge in [-0.25, -0.2) is 4.79 Å². The van der Waals surface area contributed by atoms with Crippen LogP contribution in [0, 0.1) is 0 Å². The van der Waals surface area contributed by atoms with E-state index in [-0.39, 0.29) is 52.9 Å². The maximum atomic E-state index is 14.2. The normalized spacial score (nSPS) is 22.8. The van der Waals surface area contributed by atoms with Crippen molar-refractivity contribution in [2.75, 3.05) is 26.9 Å². The highest BCUT2D eigenvalue weighted by molar-refractivity contribution is 6.67. The van der Waals surface area contributed by atoms with Gasteiger partial charge >= 0.3 is 6.09 Å². The standard InChI is InChI=1S/C64H66Cl3NO13/c1-70-51-32-34-52(35-33-51)78-62-60(76-41-50-30-18-7-19-31-50)59(75-40-49-28-16-6-17-29-49)57(54(80-62)43-72-37-46-22-10-3-11-23-46)81-61-55(68-63(69)77-44-64(65,66)67)58(74-39-48-26-14-5-15-27-48)56(73-38-47-24-12-4-13-25-47)53(79-61)42-71-36-45-20-8-2-9-21-45/h2-35,53-62H,36-44H2,1H3,(H,68,69)/t53-,54-,55-,56-,57+,58-,59+,60-,61-,62-/m1/s1. The number of alkyl carbamates (subject to hydrolysis) is 1. The molecule has 0 saturated carbocycles. The Balaban J connectivity index is 1.15. The Labute approximate surface area is 488 Å². The van der Waals surface area contributed by atoms with E-state index < -0.39 is 77.8 Å². The van der Waals surface area contributed by atoms with Crippen molar-refractivity contribution in [3.8, 4) is 11.5 Å². The van der Waals surface area contributed by atoms with Crippen molar-refractivity contribution in [1.29, 1.82) is 0 Å². The van der Waals surface area contributed by atoms with E-state index in [2.05, 4.69) is 5.32 Å². The molecule has 0 unspecified atom stereocenters. The highest BCUT2D eigenvalue weighted by Gasteiger charge is 2.55. The predicted molar refractivity (Wildman–Crippen MR) is 307 cm³/mol. The Morgan fingerprint density at radius 3 is 1.25 bits per heavy atom. The molecule has 2 aliphatic heterocycles. The van der Waals surface area contributed by atoms with Gasteiger partial charge in [-0.2, -0.15) is 0 Å². The zero-order valence-electron chi connectivity index (χ0n) is 44.7. The molecule has 2 saturated heterocycles. The SMILES string of the molecule is COc1ccc(O[C@@H]2O[C@H](COCc3ccccc3)[C@H](O[C@H]3O[C@H](COCc4ccccc4)[C@@H](OCc4ccccc4)[C@H](OCc4ccccc4)[C@H]3NC(=O)OCC(Cl)(Cl)Cl)[C@H](OCc3ccccc3)[C@H]2OCc2ccccc2)cc1. The Bertz CT molecular complexity index is 2880. The maximum absolute atomic E-state index is 14.2. The number of rotatable bonds is 27. The van der Waals surface area contributed by atoms with Crippen LogP contribution in [0.25, 0.3) is 0 Å². The number of carbonyl (C=O) groups excluding carboxylic acids is 1. The van der Waals surface area contributed by atoms with Gasteiger partial charge in [0, 0.05) is 0 Å². The first-order valence-corrected chi connectivity index (χ1v) is 27.9. The summed E-state index contributed by atoms with van der Waals surface area (Å²) in [7, 11) is 1.60. The zero-order valence-corrected chi connectivity index (χ0v) is 47.0. The Morgan fingerprint density at radius 1 is 0.444 bits per heavy atom. The van der Waals surface area contributed by atoms with Crippen LogP contribution in [0.4, 0.5) is 4.79 Å². The summed E-state index contributed by atoms with van der Waals surface area (Å²) >= 11 is 18.5. The first-order chi connectivity index (χ1) is 39.6. The molecule has 7 aromatic carbocycles. The Hall–Kier alpha value is -6.08. The van der Waals surface area contributed by atoms with Crippen LogP contribution in [0.1, 0.15) is 33.4 Å². The fraction of sp³-hybridized carbons (Fsp3) is 0.328. The number of amides is 1. The van der Waals surface area contributed by atoms with Gasteiger partial charge in [-0.15, -0.1) is 0 Å². The van der Waals surface area contributed by atoms with E-state index in [9.17, 15) is 4.79 Å². The molecule has 1 amide bonds. The first kappa shape index (κ1) is 59.5. The first-order valence-electron chi connectivity index (χ1n) is 26.8. The zero-order chi connectivity index (χ0) is 56.1. The van der Waals surface area contributed by atoms with Crippen LogP contribution < -0.4 is 14.8 Å². The molecule has 10 atom stereocenters. The second kappa shape index (κ2) is 30.8. The third kappa shape index (κ3) is 18.5. The van der Waals surface area contributed by atoms with Crippen LogP contribution in [0.2, 0.25) is 0 Å². The second-order valence-electron chi connectivity index (χ2n) is 19.4. The van der Waals surface area contributed by atoms with Crippen molar-refractivity contribution in [3.63, 3.8) is 0 Å². The van der Waals surface area contributed by atoms with Gasteiger partial charge < -0.3 is 62.2 Å². The van der Waals surface area contributed by atoms with Gasteiger partial charge in [0.2, 0.25) is 10.1 Å². The minimum Gasteiger partial charge on any atom is -0.497 e. The van der Waals surface area contributed by atoms with Crippen molar-refractivity contribution in [2.45, 2.75) is 105 Å². The van der Waals surface area contributed by atoms with Crippen molar-refractivity contribution in [3.05, 3.63) is 240 Å². The molecule has 14 nitrogen and oxygen atoms in total. The van der Waals surface area contributed by atoms with Crippen LogP contribution in [0.15, 0.2) is 206 Å². The third-order valence-corrected chi connectivity index (χ3v) is 13.7. The lowest BCUT2D eigenvalue weighted by Gasteiger charge is -2.50. The van der Waals surface area contributed by atoms with Gasteiger partial charge in [-0.3, -0.25) is 0 Å². The lowest BCUT2D eigenvalue weighted by atomic mass is 9.94. The third-order valence-electron chi connectivity index (χ3n) is 13.4. The van der Waals surface area contributed by atoms with E-state index >= 15 is 0 Å². The maximum Gasteiger partial charge on any atom is 0.407 e. The van der Waals surface area contributed by atoms with Crippen molar-refractivity contribution in [2.24, 2.45) is 0 Å². The van der Waals surface area contributed by atoms with Crippen LogP contribution in [-0.2, 0) is 87.0 Å². The van der Waals surface area contributed by atoms with E-state index in [4.69, 9.17) is 91.6 Å². The Kier molecular flexibility index (Phi) is 22.7. The van der Waals surface area contributed by atoms with Crippen molar-refractivity contribution >= 4 is 40.9 Å². The molecule has 0 aliphatic carbocycles. The molecule has 426 valence electrons. The van der Waals surface area contributed by atoms with E-state index in [1.165, 1.54) is 0 Å². The molecule has 0 spiro atoms. The molecule has 2 fully saturated rings. The summed E-state index contributed by atoms with van der Waals surface area (Å²) in [6, 6.07) is 64.4. The minimum atomic E-state index is -1.93. The summed E-state index contributed by atoms with van der Waals surface area (Å²) < 4.78 is 78.7. The fourth-order valence-corrected chi connectivity index (χ4v) is 9.58. The van der Waals surface area contributed by atoms with Gasteiger partial charge in [0.15, 0.2) is 6.29 Å². The molecule has 7 aromatic rings. The molecule has 9 rings (SSSR count). The summed E-state index contributed by atoms with van der Waals surface area (Å²) in [5.41, 5.74) is 5.38. The average molecular weight is 1160 g/mol. The number of nitrogens with one attached hydrogen (secondary N) is 1. The van der Waals surface area contributed by atoms with Crippen LogP contribution >= 0.6 is 34.8 Å². The van der Waals surface area contributed by atoms with Gasteiger partial charge in [0.05, 0.1) is 60.0 Å². The topological polar surface area (TPSA) is 140 Å². The molecule has 17 heteroatoms. The summed E-state index contributed by atoms with van der Waals surface area (Å²) in [5, 5.41) is 3.00. The molecule has 2 heterocycles. The van der Waals surface area contributed by atoms with E-state index in [1.807, 2.05) is 182 Å². The van der Waals surface area contributed by atoms with Crippen LogP contribution in [-0.4, -0.2) is 98.2 Å². The second-order valence-corrected chi connectivity index (χ2v) is 21.9. The van der Waals surface area contributed by atoms with Gasteiger partial charge in [-0.1, -0.05) is 217 Å². The van der Waals surface area contributed by atoms with Crippen LogP contribution in [0.3, 0.4) is 0 Å². The van der Waals surface area contributed by atoms with Gasteiger partial charge in [0.1, 0.15) is 66.9 Å². The molecule has 1 N–H and O–H groups in total. The number of benzene rings is 7. The molecular formula is C64H66Cl3NO13. The van der Waals surface area contributed by atoms with E-state index in [0.717, 1.165) is 33.4 Å². The number of carbonyl (C=O) groups is 1. The summed E-state index contributed by atoms with van der Waals surface area (Å²) in [5.74, 6) is 1.12. The smallest absolute Gasteiger partial charge is 0.407 e. The molecule has 2 aliphatic rings. The number of hydrogen-bond donors (Lipinski definition) is 1. The monoisotopic (exact) mass is 1160 g/mol. The molecular weight excluding hydrogens is 1100 g/mol. The summed E-state index contributed by atoms with van der Waals surface area (Å²) in [6.45, 7) is 0.371. The lowest BCUT2D eigenvalue weighted by molar-refractivity contribution is -0.353. The lowest BCUT2D eigenvalue weighted by Crippen LogP contribution is -2.69. The number of ether oxygens (including phenoxy) is 12. The minimum absolute atomic E-state index is 0.00312. The molecule has 0 aromatic heterocycles. The van der Waals surface area contributed by atoms with E-state index in [0.29, 0.717) is 11.5 Å². The number of methoxy groups -OCH3 is 1. The number of hydrogen-bond acceptors (Lipinski definition) is 13. The highest BCUT2D eigenvalue weighted by atomic mass is 35.6. The van der Waals surface area contributed by atoms with Crippen molar-refractivity contribution in [1.82, 2.24) is 5.32 Å². The van der Waals surface area contributed by atoms with Crippen molar-refractivity contribution < 1.29 is 61.6 Å². The quantitative estimate of drug-likeness (QED) is 0.0489. The van der Waals surface area contributed by atoms with Gasteiger partial charge in [0.25, 0.3) is 0 Å².